The molecule has 5 atom stereocenters. The molecule has 0 radical (unpaired) electrons. The molecule has 290 valence electrons. The lowest BCUT2D eigenvalue weighted by Crippen LogP contribution is -2.58. The molecule has 6 rings (SSSR count). The second-order valence-corrected chi connectivity index (χ2v) is 17.5. The van der Waals surface area contributed by atoms with Gasteiger partial charge < -0.3 is 29.9 Å². The van der Waals surface area contributed by atoms with Crippen molar-refractivity contribution < 1.29 is 46.3 Å². The average Bonchev–Trinajstić information content (AvgIpc) is 3.96. The van der Waals surface area contributed by atoms with Crippen LogP contribution in [0.2, 0.25) is 0 Å². The second kappa shape index (κ2) is 14.9. The van der Waals surface area contributed by atoms with Gasteiger partial charge in [0.25, 0.3) is 5.91 Å². The number of hydrogen-bond acceptors (Lipinski definition) is 10. The van der Waals surface area contributed by atoms with E-state index in [4.69, 9.17) is 9.47 Å². The van der Waals surface area contributed by atoms with E-state index in [1.165, 1.54) is 15.9 Å². The van der Waals surface area contributed by atoms with Crippen LogP contribution < -0.4 is 15.4 Å². The summed E-state index contributed by atoms with van der Waals surface area (Å²) in [4.78, 5) is 73.4. The summed E-state index contributed by atoms with van der Waals surface area (Å²) in [5.74, 6) is -3.14. The highest BCUT2D eigenvalue weighted by Crippen LogP contribution is 2.46. The molecule has 3 N–H and O–H groups in total. The van der Waals surface area contributed by atoms with Crippen molar-refractivity contribution in [3.05, 3.63) is 47.3 Å². The number of sulfonamides is 1. The van der Waals surface area contributed by atoms with Gasteiger partial charge in [0.2, 0.25) is 21.8 Å². The molecule has 1 saturated heterocycles. The highest BCUT2D eigenvalue weighted by atomic mass is 32.2. The third-order valence-corrected chi connectivity index (χ3v) is 12.2. The van der Waals surface area contributed by atoms with Crippen LogP contribution in [-0.4, -0.2) is 114 Å². The fraction of sp³-hybridized carbons (Fsp3) is 0.639. The fourth-order valence-corrected chi connectivity index (χ4v) is 8.60. The molecule has 0 bridgehead atoms. The minimum atomic E-state index is -3.94. The average molecular weight is 761 g/mol. The number of benzene rings is 1. The first-order valence-corrected chi connectivity index (χ1v) is 19.8. The number of hydrogen-bond donors (Lipinski definition) is 3. The van der Waals surface area contributed by atoms with Crippen molar-refractivity contribution in [2.24, 2.45) is 5.92 Å². The standard InChI is InChI=1S/C36H49FN6O9S/c1-5-41-15-7-6-10-23-18-36(23,32(46)40-53(49,50)25-12-13-25)39-30(44)29-17-24(51-34(48)42-19-22-9-8-11-27(37)26(22)21-42)20-43(29)31(45)28(14-16-41)38-33(47)52-35(2,3)4/h6,8-11,23-25,28-29H,5,7,12-21H2,1-4H3,(H,38,47)(H,39,44)(H,40,46)/b10-6-/t23-,24-,28+,29+,36-/m1/s1. The van der Waals surface area contributed by atoms with E-state index in [0.717, 1.165) is 0 Å². The molecule has 1 aromatic carbocycles. The maximum Gasteiger partial charge on any atom is 0.410 e. The highest BCUT2D eigenvalue weighted by Gasteiger charge is 2.62. The predicted molar refractivity (Wildman–Crippen MR) is 189 cm³/mol. The molecule has 53 heavy (non-hydrogen) atoms. The Labute approximate surface area is 309 Å². The summed E-state index contributed by atoms with van der Waals surface area (Å²) in [5.41, 5.74) is -1.41. The quantitative estimate of drug-likeness (QED) is 0.364. The van der Waals surface area contributed by atoms with Crippen molar-refractivity contribution in [1.29, 1.82) is 0 Å². The number of ether oxygens (including phenoxy) is 2. The summed E-state index contributed by atoms with van der Waals surface area (Å²) in [7, 11) is -3.94. The summed E-state index contributed by atoms with van der Waals surface area (Å²) >= 11 is 0. The Kier molecular flexibility index (Phi) is 10.8. The molecular weight excluding hydrogens is 711 g/mol. The van der Waals surface area contributed by atoms with E-state index in [0.29, 0.717) is 50.0 Å². The van der Waals surface area contributed by atoms with E-state index in [-0.39, 0.29) is 38.9 Å². The van der Waals surface area contributed by atoms with Gasteiger partial charge in [0.15, 0.2) is 0 Å². The van der Waals surface area contributed by atoms with E-state index < -0.39 is 86.2 Å². The largest absolute Gasteiger partial charge is 0.444 e. The number of halogens is 1. The molecule has 0 aromatic heterocycles. The van der Waals surface area contributed by atoms with Crippen LogP contribution in [0.15, 0.2) is 30.4 Å². The van der Waals surface area contributed by atoms with Gasteiger partial charge in [-0.05, 0) is 71.0 Å². The molecule has 17 heteroatoms. The van der Waals surface area contributed by atoms with Crippen LogP contribution >= 0.6 is 0 Å². The monoisotopic (exact) mass is 760 g/mol. The number of rotatable bonds is 6. The Morgan fingerprint density at radius 1 is 1.09 bits per heavy atom. The molecule has 15 nitrogen and oxygen atoms in total. The van der Waals surface area contributed by atoms with Crippen LogP contribution in [0.1, 0.15) is 77.3 Å². The maximum atomic E-state index is 14.4. The van der Waals surface area contributed by atoms with Crippen molar-refractivity contribution in [1.82, 2.24) is 30.1 Å². The number of carbonyl (C=O) groups is 5. The van der Waals surface area contributed by atoms with Gasteiger partial charge in [-0.25, -0.2) is 22.4 Å². The van der Waals surface area contributed by atoms with E-state index in [2.05, 4.69) is 20.3 Å². The van der Waals surface area contributed by atoms with Crippen molar-refractivity contribution in [2.75, 3.05) is 26.2 Å². The van der Waals surface area contributed by atoms with Crippen molar-refractivity contribution in [2.45, 2.75) is 114 Å². The minimum absolute atomic E-state index is 0.00771. The smallest absolute Gasteiger partial charge is 0.410 e. The SMILES string of the molecule is CCN1CC/C=C\[C@@H]2C[C@@]2(C(=O)NS(=O)(=O)C2CC2)NC(=O)[C@@H]2C[C@@H](OC(=O)N3Cc4cccc(F)c4C3)CN2C(=O)[C@@H](NC(=O)OC(C)(C)C)CC1. The Morgan fingerprint density at radius 3 is 2.53 bits per heavy atom. The molecule has 2 aliphatic carbocycles. The van der Waals surface area contributed by atoms with Gasteiger partial charge in [0, 0.05) is 37.5 Å². The molecular formula is C36H49FN6O9S. The Hall–Kier alpha value is -4.25. The van der Waals surface area contributed by atoms with Gasteiger partial charge in [-0.2, -0.15) is 0 Å². The number of fused-ring (bicyclic) bond motifs is 3. The molecule has 3 fully saturated rings. The van der Waals surface area contributed by atoms with Crippen LogP contribution in [0.5, 0.6) is 0 Å². The van der Waals surface area contributed by atoms with Gasteiger partial charge in [-0.1, -0.05) is 31.2 Å². The zero-order valence-electron chi connectivity index (χ0n) is 30.6. The van der Waals surface area contributed by atoms with E-state index >= 15 is 0 Å². The molecule has 5 amide bonds. The molecule has 3 aliphatic heterocycles. The van der Waals surface area contributed by atoms with Crippen molar-refractivity contribution >= 4 is 39.9 Å². The van der Waals surface area contributed by atoms with Crippen LogP contribution in [0, 0.1) is 11.7 Å². The Balaban J connectivity index is 1.28. The number of nitrogens with one attached hydrogen (secondary N) is 3. The lowest BCUT2D eigenvalue weighted by atomic mass is 10.1. The van der Waals surface area contributed by atoms with Gasteiger partial charge in [0.1, 0.15) is 35.1 Å². The Morgan fingerprint density at radius 2 is 1.85 bits per heavy atom. The van der Waals surface area contributed by atoms with Crippen LogP contribution in [0.25, 0.3) is 0 Å². The summed E-state index contributed by atoms with van der Waals surface area (Å²) in [6.07, 6.45) is 2.80. The van der Waals surface area contributed by atoms with E-state index in [1.807, 2.05) is 19.1 Å². The summed E-state index contributed by atoms with van der Waals surface area (Å²) in [6.45, 7) is 8.61. The molecule has 3 heterocycles. The summed E-state index contributed by atoms with van der Waals surface area (Å²) < 4.78 is 53.5. The molecule has 0 spiro atoms. The summed E-state index contributed by atoms with van der Waals surface area (Å²) in [6, 6.07) is 2.22. The first-order chi connectivity index (χ1) is 25.0. The zero-order chi connectivity index (χ0) is 38.3. The molecule has 0 unspecified atom stereocenters. The maximum absolute atomic E-state index is 14.4. The van der Waals surface area contributed by atoms with Gasteiger partial charge in [-0.3, -0.25) is 24.0 Å². The van der Waals surface area contributed by atoms with Crippen LogP contribution in [0.3, 0.4) is 0 Å². The predicted octanol–water partition coefficient (Wildman–Crippen LogP) is 2.30. The fourth-order valence-electron chi connectivity index (χ4n) is 7.23. The van der Waals surface area contributed by atoms with E-state index in [1.54, 1.807) is 32.9 Å². The first-order valence-electron chi connectivity index (χ1n) is 18.3. The third kappa shape index (κ3) is 8.77. The molecule has 1 aromatic rings. The van der Waals surface area contributed by atoms with E-state index in [9.17, 15) is 36.8 Å². The summed E-state index contributed by atoms with van der Waals surface area (Å²) in [5, 5.41) is 4.81. The zero-order valence-corrected chi connectivity index (χ0v) is 31.4. The van der Waals surface area contributed by atoms with Crippen LogP contribution in [-0.2, 0) is 47.0 Å². The molecule has 5 aliphatic rings. The first kappa shape index (κ1) is 38.5. The third-order valence-electron chi connectivity index (χ3n) is 10.4. The van der Waals surface area contributed by atoms with Crippen LogP contribution in [0.4, 0.5) is 14.0 Å². The lowest BCUT2D eigenvalue weighted by molar-refractivity contribution is -0.141. The number of alkyl carbamates (subject to hydrolysis) is 1. The molecule has 2 saturated carbocycles. The second-order valence-electron chi connectivity index (χ2n) is 15.6. The number of carbonyl (C=O) groups excluding carboxylic acids is 5. The highest BCUT2D eigenvalue weighted by molar-refractivity contribution is 7.91. The topological polar surface area (TPSA) is 184 Å². The normalized spacial score (nSPS) is 28.7. The number of amides is 5. The van der Waals surface area contributed by atoms with Gasteiger partial charge >= 0.3 is 12.2 Å². The van der Waals surface area contributed by atoms with Crippen molar-refractivity contribution in [3.8, 4) is 0 Å². The van der Waals surface area contributed by atoms with Gasteiger partial charge in [-0.15, -0.1) is 0 Å². The lowest BCUT2D eigenvalue weighted by Gasteiger charge is -2.31. The Bertz CT molecular complexity index is 1780. The van der Waals surface area contributed by atoms with Gasteiger partial charge in [0.05, 0.1) is 18.3 Å². The minimum Gasteiger partial charge on any atom is -0.444 e. The number of nitrogens with zero attached hydrogens (tertiary/aromatic N) is 3. The van der Waals surface area contributed by atoms with Crippen molar-refractivity contribution in [3.63, 3.8) is 0 Å².